The number of phenolic OH excluding ortho intramolecular Hbond substituents is 9. The van der Waals surface area contributed by atoms with E-state index in [1.165, 1.54) is 5.56 Å². The fourth-order valence-electron chi connectivity index (χ4n) is 15.3. The molecular weight excluding hydrogens is 1320 g/mol. The topological polar surface area (TPSA) is 182 Å². The van der Waals surface area contributed by atoms with Gasteiger partial charge in [-0.05, 0) is 262 Å². The van der Waals surface area contributed by atoms with E-state index in [9.17, 15) is 40.9 Å². The molecule has 0 saturated heterocycles. The van der Waals surface area contributed by atoms with E-state index in [4.69, 9.17) is 5.11 Å². The highest BCUT2D eigenvalue weighted by Gasteiger charge is 2.28. The van der Waals surface area contributed by atoms with Gasteiger partial charge in [0.25, 0.3) is 0 Å². The summed E-state index contributed by atoms with van der Waals surface area (Å²) in [6.07, 6.45) is 9.82. The maximum Gasteiger partial charge on any atom is 0.122 e. The molecule has 9 atom stereocenters. The average Bonchev–Trinajstić information content (AvgIpc) is 0.786. The van der Waals surface area contributed by atoms with Gasteiger partial charge in [0.1, 0.15) is 51.7 Å². The predicted molar refractivity (Wildman–Crippen MR) is 444 cm³/mol. The Morgan fingerprint density at radius 2 is 0.280 bits per heavy atom. The van der Waals surface area contributed by atoms with Crippen molar-refractivity contribution in [2.75, 3.05) is 0 Å². The van der Waals surface area contributed by atoms with Crippen LogP contribution in [-0.2, 0) is 51.4 Å². The number of benzene rings is 9. The normalized spacial score (nSPS) is 15.2. The Morgan fingerprint density at radius 1 is 0.178 bits per heavy atom. The van der Waals surface area contributed by atoms with Gasteiger partial charge in [0.05, 0.1) is 0 Å². The average molecular weight is 1450 g/mol. The Hall–Kier alpha value is -8.82. The van der Waals surface area contributed by atoms with Crippen molar-refractivity contribution >= 4 is 0 Å². The molecule has 9 unspecified atom stereocenters. The first-order valence-corrected chi connectivity index (χ1v) is 40.6. The van der Waals surface area contributed by atoms with Crippen LogP contribution in [0.15, 0.2) is 121 Å². The highest BCUT2D eigenvalue weighted by Crippen LogP contribution is 2.46. The van der Waals surface area contributed by atoms with Gasteiger partial charge in [-0.3, -0.25) is 0 Å². The lowest BCUT2D eigenvalue weighted by Gasteiger charge is -2.22. The Morgan fingerprint density at radius 3 is 0.383 bits per heavy atom. The number of hydrogen-bond acceptors (Lipinski definition) is 9. The van der Waals surface area contributed by atoms with Crippen LogP contribution in [0.1, 0.15) is 375 Å². The minimum atomic E-state index is 0.110. The van der Waals surface area contributed by atoms with Crippen molar-refractivity contribution < 1.29 is 46.0 Å². The largest absolute Gasteiger partial charge is 0.508 e. The second-order valence-electron chi connectivity index (χ2n) is 32.3. The Kier molecular flexibility index (Phi) is 28.0. The van der Waals surface area contributed by atoms with E-state index < -0.39 is 0 Å². The van der Waals surface area contributed by atoms with Crippen LogP contribution in [0.25, 0.3) is 0 Å². The molecule has 107 heavy (non-hydrogen) atoms. The van der Waals surface area contributed by atoms with E-state index in [1.807, 2.05) is 12.1 Å². The molecule has 0 saturated carbocycles. The number of aromatic hydroxyl groups is 9. The zero-order chi connectivity index (χ0) is 78.0. The summed E-state index contributed by atoms with van der Waals surface area (Å²) in [5.74, 6) is 2.89. The minimum Gasteiger partial charge on any atom is -0.508 e. The number of phenols is 9. The summed E-state index contributed by atoms with van der Waals surface area (Å²) in [4.78, 5) is 0. The predicted octanol–water partition coefficient (Wildman–Crippen LogP) is 25.4. The van der Waals surface area contributed by atoms with Gasteiger partial charge in [-0.1, -0.05) is 234 Å². The van der Waals surface area contributed by atoms with Crippen molar-refractivity contribution in [2.24, 2.45) is 0 Å². The molecule has 16 bridgehead atoms. The van der Waals surface area contributed by atoms with E-state index in [0.717, 1.165) is 102 Å². The van der Waals surface area contributed by atoms with Gasteiger partial charge in [0.2, 0.25) is 0 Å². The highest BCUT2D eigenvalue weighted by atomic mass is 16.3. The quantitative estimate of drug-likeness (QED) is 0.0404. The van der Waals surface area contributed by atoms with Crippen LogP contribution in [0, 0.1) is 0 Å². The van der Waals surface area contributed by atoms with Gasteiger partial charge in [0, 0.05) is 51.4 Å². The van der Waals surface area contributed by atoms with Crippen LogP contribution in [0.3, 0.4) is 0 Å². The summed E-state index contributed by atoms with van der Waals surface area (Å²) in [6, 6.07) is 40.7. The second kappa shape index (κ2) is 36.4. The zero-order valence-electron chi connectivity index (χ0n) is 67.8. The van der Waals surface area contributed by atoms with Gasteiger partial charge in [-0.2, -0.15) is 0 Å². The van der Waals surface area contributed by atoms with E-state index in [2.05, 4.69) is 222 Å². The molecule has 1 aliphatic carbocycles. The maximum atomic E-state index is 12.8. The molecule has 572 valence electrons. The lowest BCUT2D eigenvalue weighted by Crippen LogP contribution is -2.06. The highest BCUT2D eigenvalue weighted by molar-refractivity contribution is 5.61. The van der Waals surface area contributed by atoms with Gasteiger partial charge >= 0.3 is 0 Å². The Balaban J connectivity index is 0.00000110. The Bertz CT molecular complexity index is 3580. The van der Waals surface area contributed by atoms with Gasteiger partial charge in [0.15, 0.2) is 0 Å². The van der Waals surface area contributed by atoms with Crippen LogP contribution in [0.5, 0.6) is 51.7 Å². The third-order valence-electron chi connectivity index (χ3n) is 24.9. The fourth-order valence-corrected chi connectivity index (χ4v) is 15.3. The van der Waals surface area contributed by atoms with Gasteiger partial charge < -0.3 is 46.0 Å². The molecule has 9 aromatic rings. The summed E-state index contributed by atoms with van der Waals surface area (Å²) in [5, 5.41) is 111. The molecule has 10 rings (SSSR count). The van der Waals surface area contributed by atoms with E-state index in [1.54, 1.807) is 12.1 Å². The summed E-state index contributed by atoms with van der Waals surface area (Å²) in [7, 11) is 0. The minimum absolute atomic E-state index is 0.110. The van der Waals surface area contributed by atoms with Crippen LogP contribution >= 0.6 is 0 Å². The molecule has 0 spiro atoms. The maximum absolute atomic E-state index is 12.8. The van der Waals surface area contributed by atoms with Crippen LogP contribution in [-0.4, -0.2) is 46.0 Å². The van der Waals surface area contributed by atoms with Crippen molar-refractivity contribution in [3.63, 3.8) is 0 Å². The molecule has 9 N–H and O–H groups in total. The summed E-state index contributed by atoms with van der Waals surface area (Å²) in [6.45, 7) is 39.2. The Labute approximate surface area is 641 Å². The molecule has 9 nitrogen and oxygen atoms in total. The van der Waals surface area contributed by atoms with Gasteiger partial charge in [-0.25, -0.2) is 0 Å². The lowest BCUT2D eigenvalue weighted by atomic mass is 9.84. The lowest BCUT2D eigenvalue weighted by molar-refractivity contribution is 0.451. The summed E-state index contributed by atoms with van der Waals surface area (Å²) in [5.41, 5.74) is 20.4. The van der Waals surface area contributed by atoms with Crippen molar-refractivity contribution in [1.82, 2.24) is 0 Å². The monoisotopic (exact) mass is 1450 g/mol. The molecule has 0 aromatic heterocycles. The molecule has 9 heteroatoms. The molecule has 0 aliphatic heterocycles. The summed E-state index contributed by atoms with van der Waals surface area (Å²) < 4.78 is 0. The van der Waals surface area contributed by atoms with Gasteiger partial charge in [-0.15, -0.1) is 0 Å². The smallest absolute Gasteiger partial charge is 0.122 e. The van der Waals surface area contributed by atoms with Crippen molar-refractivity contribution in [3.05, 3.63) is 260 Å². The van der Waals surface area contributed by atoms with Crippen molar-refractivity contribution in [2.45, 2.75) is 287 Å². The zero-order valence-corrected chi connectivity index (χ0v) is 67.8. The molecule has 0 amide bonds. The third kappa shape index (κ3) is 19.0. The molecule has 0 fully saturated rings. The summed E-state index contributed by atoms with van der Waals surface area (Å²) >= 11 is 0. The molecule has 1 aliphatic rings. The van der Waals surface area contributed by atoms with Crippen LogP contribution < -0.4 is 0 Å². The SMILES string of the molecule is CCC(C)c1cc2c(O)c(c1)Cc1cc(C(C)CC)cc(c1O)Cc1cc(C(C)CC)cc(c1O)Cc1cc(C(C)CC)cc(c1O)Cc1cc(C(C)CC)cc(c1O)Cc1cc(C(C)CC)cc(c1O)Cc1cc(C(C)CC)cc(c1O)Cc1cc(C(C)CC)cc(c1O)C2.CCC(C)c1ccc(O)cc1. The standard InChI is InChI=1S/C88H112O8.C10H14O/c1-17-49(9)57-25-65-41-67-27-58(50(10)18-2)29-69(82(67)90)43-71-31-60(52(12)20-4)33-73(84(71)92)45-75-35-62(54(14)22-6)37-77(86(75)94)47-79-39-64(56(16)24-8)40-80(88(79)96)48-78-38-63(55(15)23-7)36-76(87(78)95)46-74-34-61(53(13)21-5)32-72(85(74)93)44-70-30-59(51(11)19-3)28-68(83(70)91)42-66(26-57)81(65)89;1-3-8(2)9-4-6-10(11)7-5-9/h25-40,49-56,89-96H,17-24,41-48H2,1-16H3;4-8,11H,3H2,1-2H3. The van der Waals surface area contributed by atoms with Crippen molar-refractivity contribution in [1.29, 1.82) is 0 Å². The first kappa shape index (κ1) is 82.2. The number of rotatable bonds is 18. The fraction of sp³-hybridized carbons (Fsp3) is 0.449. The van der Waals surface area contributed by atoms with E-state index in [0.29, 0.717) is 101 Å². The molecular formula is C98H126O9. The first-order chi connectivity index (χ1) is 51.0. The number of fused-ring (bicyclic) bond motifs is 16. The first-order valence-electron chi connectivity index (χ1n) is 40.6. The second-order valence-corrected chi connectivity index (χ2v) is 32.3. The van der Waals surface area contributed by atoms with E-state index >= 15 is 0 Å². The van der Waals surface area contributed by atoms with Crippen molar-refractivity contribution in [3.8, 4) is 51.7 Å². The van der Waals surface area contributed by atoms with E-state index in [-0.39, 0.29) is 145 Å². The van der Waals surface area contributed by atoms with Crippen LogP contribution in [0.2, 0.25) is 0 Å². The van der Waals surface area contributed by atoms with Crippen LogP contribution in [0.4, 0.5) is 0 Å². The number of hydrogen-bond donors (Lipinski definition) is 9. The third-order valence-corrected chi connectivity index (χ3v) is 24.9. The molecule has 0 radical (unpaired) electrons. The molecule has 9 aromatic carbocycles. The molecule has 0 heterocycles.